The van der Waals surface area contributed by atoms with Gasteiger partial charge in [0.15, 0.2) is 11.6 Å². The van der Waals surface area contributed by atoms with Gasteiger partial charge < -0.3 is 4.74 Å². The predicted octanol–water partition coefficient (Wildman–Crippen LogP) is 6.63. The third-order valence-electron chi connectivity index (χ3n) is 5.14. The van der Waals surface area contributed by atoms with Gasteiger partial charge in [0.1, 0.15) is 17.6 Å². The van der Waals surface area contributed by atoms with Crippen LogP contribution in [0, 0.1) is 23.0 Å². The van der Waals surface area contributed by atoms with Crippen LogP contribution in [-0.4, -0.2) is 18.1 Å². The van der Waals surface area contributed by atoms with E-state index >= 15 is 4.39 Å². The molecule has 5 nitrogen and oxygen atoms in total. The van der Waals surface area contributed by atoms with E-state index in [0.29, 0.717) is 22.5 Å². The molecule has 35 heavy (non-hydrogen) atoms. The third kappa shape index (κ3) is 4.94. The molecule has 1 aromatic heterocycles. The zero-order chi connectivity index (χ0) is 25.2. The maximum absolute atomic E-state index is 15.5. The van der Waals surface area contributed by atoms with Crippen LogP contribution in [0.4, 0.5) is 8.78 Å². The Kier molecular flexibility index (Phi) is 6.96. The van der Waals surface area contributed by atoms with E-state index < -0.39 is 21.7 Å². The minimum absolute atomic E-state index is 0.0757. The minimum atomic E-state index is -3.96. The van der Waals surface area contributed by atoms with E-state index in [0.717, 1.165) is 21.7 Å². The van der Waals surface area contributed by atoms with Gasteiger partial charge in [-0.2, -0.15) is 17.0 Å². The highest BCUT2D eigenvalue weighted by molar-refractivity contribution is 7.98. The second kappa shape index (κ2) is 9.94. The quantitative estimate of drug-likeness (QED) is 0.249. The lowest BCUT2D eigenvalue weighted by Crippen LogP contribution is -2.12. The number of nitriles is 1. The van der Waals surface area contributed by atoms with Crippen molar-refractivity contribution in [2.24, 2.45) is 0 Å². The fourth-order valence-corrected chi connectivity index (χ4v) is 5.84. The topological polar surface area (TPSA) is 72.1 Å². The van der Waals surface area contributed by atoms with Crippen molar-refractivity contribution in [2.45, 2.75) is 17.6 Å². The summed E-state index contributed by atoms with van der Waals surface area (Å²) in [5.41, 5.74) is 1.30. The molecular weight excluding hydrogens is 490 g/mol. The first-order valence-corrected chi connectivity index (χ1v) is 13.0. The number of rotatable bonds is 8. The number of aromatic nitrogens is 1. The van der Waals surface area contributed by atoms with E-state index in [4.69, 9.17) is 10.00 Å². The molecule has 0 aliphatic carbocycles. The highest BCUT2D eigenvalue weighted by Gasteiger charge is 2.24. The van der Waals surface area contributed by atoms with Gasteiger partial charge >= 0.3 is 0 Å². The molecule has 3 aromatic carbocycles. The average molecular weight is 511 g/mol. The number of fused-ring (bicyclic) bond motifs is 1. The van der Waals surface area contributed by atoms with E-state index in [-0.39, 0.29) is 27.5 Å². The van der Waals surface area contributed by atoms with Gasteiger partial charge in [-0.3, -0.25) is 0 Å². The van der Waals surface area contributed by atoms with Crippen molar-refractivity contribution in [3.05, 3.63) is 102 Å². The molecule has 0 spiro atoms. The highest BCUT2D eigenvalue weighted by atomic mass is 32.2. The van der Waals surface area contributed by atoms with E-state index in [1.807, 2.05) is 6.92 Å². The van der Waals surface area contributed by atoms with Gasteiger partial charge in [0.25, 0.3) is 10.0 Å². The molecule has 4 aromatic rings. The number of nitrogens with zero attached hydrogens (tertiary/aromatic N) is 2. The molecule has 9 heteroatoms. The normalized spacial score (nSPS) is 11.4. The van der Waals surface area contributed by atoms with Crippen LogP contribution in [-0.2, 0) is 15.8 Å². The molecule has 0 aliphatic heterocycles. The van der Waals surface area contributed by atoms with Crippen molar-refractivity contribution in [3.8, 4) is 17.6 Å². The Morgan fingerprint density at radius 2 is 1.86 bits per heavy atom. The van der Waals surface area contributed by atoms with Crippen molar-refractivity contribution in [3.63, 3.8) is 0 Å². The Bertz CT molecular complexity index is 1570. The summed E-state index contributed by atoms with van der Waals surface area (Å²) in [6.07, 6.45) is 1.38. The van der Waals surface area contributed by atoms with Crippen LogP contribution in [0.1, 0.15) is 18.1 Å². The lowest BCUT2D eigenvalue weighted by atomic mass is 10.1. The zero-order valence-electron chi connectivity index (χ0n) is 18.7. The van der Waals surface area contributed by atoms with Gasteiger partial charge in [-0.1, -0.05) is 30.4 Å². The van der Waals surface area contributed by atoms with Crippen LogP contribution in [0.5, 0.6) is 11.5 Å². The summed E-state index contributed by atoms with van der Waals surface area (Å²) >= 11 is 1.47. The van der Waals surface area contributed by atoms with E-state index in [2.05, 4.69) is 6.58 Å². The van der Waals surface area contributed by atoms with Crippen LogP contribution in [0.15, 0.2) is 83.9 Å². The molecule has 1 heterocycles. The standard InChI is InChI=1S/C26H20F2N2O3S2/c1-17(2)15-34-16-22-21-10-11-30(35(31,32)20-6-4-3-5-7-20)25(21)13-24(28)26(22)33-19-8-9-23(27)18(12-19)14-29/h3-13H,1,15-16H2,2H3. The van der Waals surface area contributed by atoms with Crippen LogP contribution in [0.2, 0.25) is 0 Å². The van der Waals surface area contributed by atoms with Crippen molar-refractivity contribution < 1.29 is 21.9 Å². The summed E-state index contributed by atoms with van der Waals surface area (Å²) in [5, 5.41) is 9.61. The van der Waals surface area contributed by atoms with Crippen molar-refractivity contribution in [2.75, 3.05) is 5.75 Å². The molecule has 0 fully saturated rings. The first-order valence-electron chi connectivity index (χ1n) is 10.4. The maximum atomic E-state index is 15.5. The SMILES string of the molecule is C=C(C)CSCc1c(Oc2ccc(F)c(C#N)c2)c(F)cc2c1ccn2S(=O)(=O)c1ccccc1. The molecule has 4 rings (SSSR count). The monoisotopic (exact) mass is 510 g/mol. The van der Waals surface area contributed by atoms with Gasteiger partial charge in [-0.15, -0.1) is 0 Å². The predicted molar refractivity (Wildman–Crippen MR) is 133 cm³/mol. The van der Waals surface area contributed by atoms with Gasteiger partial charge in [0.2, 0.25) is 0 Å². The lowest BCUT2D eigenvalue weighted by Gasteiger charge is -2.15. The Balaban J connectivity index is 1.86. The summed E-state index contributed by atoms with van der Waals surface area (Å²) in [7, 11) is -3.96. The number of ether oxygens (including phenoxy) is 1. The van der Waals surface area contributed by atoms with Gasteiger partial charge in [0, 0.05) is 40.8 Å². The summed E-state index contributed by atoms with van der Waals surface area (Å²) in [4.78, 5) is 0.0757. The van der Waals surface area contributed by atoms with Gasteiger partial charge in [0.05, 0.1) is 16.0 Å². The number of thioether (sulfide) groups is 1. The number of halogens is 2. The van der Waals surface area contributed by atoms with Gasteiger partial charge in [-0.25, -0.2) is 21.2 Å². The second-order valence-corrected chi connectivity index (χ2v) is 10.6. The molecule has 0 bridgehead atoms. The third-order valence-corrected chi connectivity index (χ3v) is 8.04. The van der Waals surface area contributed by atoms with Crippen molar-refractivity contribution in [1.82, 2.24) is 3.97 Å². The molecule has 0 saturated heterocycles. The zero-order valence-corrected chi connectivity index (χ0v) is 20.3. The largest absolute Gasteiger partial charge is 0.454 e. The van der Waals surface area contributed by atoms with E-state index in [1.54, 1.807) is 30.3 Å². The highest BCUT2D eigenvalue weighted by Crippen LogP contribution is 2.38. The summed E-state index contributed by atoms with van der Waals surface area (Å²) in [6, 6.07) is 15.9. The van der Waals surface area contributed by atoms with Crippen LogP contribution >= 0.6 is 11.8 Å². The summed E-state index contributed by atoms with van der Waals surface area (Å²) < 4.78 is 62.5. The Labute approximate surface area is 206 Å². The second-order valence-electron chi connectivity index (χ2n) is 7.83. The Morgan fingerprint density at radius 1 is 1.11 bits per heavy atom. The molecule has 0 saturated carbocycles. The number of benzene rings is 3. The van der Waals surface area contributed by atoms with Crippen LogP contribution in [0.25, 0.3) is 10.9 Å². The fourth-order valence-electron chi connectivity index (χ4n) is 3.54. The molecule has 0 radical (unpaired) electrons. The molecular formula is C26H20F2N2O3S2. The maximum Gasteiger partial charge on any atom is 0.268 e. The first kappa shape index (κ1) is 24.5. The lowest BCUT2D eigenvalue weighted by molar-refractivity contribution is 0.438. The van der Waals surface area contributed by atoms with E-state index in [9.17, 15) is 12.8 Å². The molecule has 0 aliphatic rings. The van der Waals surface area contributed by atoms with Crippen molar-refractivity contribution in [1.29, 1.82) is 5.26 Å². The Hall–Kier alpha value is -3.61. The molecule has 0 N–H and O–H groups in total. The number of hydrogen-bond donors (Lipinski definition) is 0. The fraction of sp³-hybridized carbons (Fsp3) is 0.115. The molecule has 0 amide bonds. The van der Waals surface area contributed by atoms with E-state index in [1.165, 1.54) is 42.2 Å². The summed E-state index contributed by atoms with van der Waals surface area (Å²) in [6.45, 7) is 5.75. The van der Waals surface area contributed by atoms with Crippen molar-refractivity contribution >= 4 is 32.7 Å². The minimum Gasteiger partial charge on any atom is -0.454 e. The smallest absolute Gasteiger partial charge is 0.268 e. The van der Waals surface area contributed by atoms with Crippen LogP contribution < -0.4 is 4.74 Å². The Morgan fingerprint density at radius 3 is 2.54 bits per heavy atom. The molecule has 178 valence electrons. The first-order chi connectivity index (χ1) is 16.7. The van der Waals surface area contributed by atoms with Crippen LogP contribution in [0.3, 0.4) is 0 Å². The molecule has 0 atom stereocenters. The van der Waals surface area contributed by atoms with Gasteiger partial charge in [-0.05, 0) is 37.3 Å². The average Bonchev–Trinajstić information content (AvgIpc) is 3.26. The summed E-state index contributed by atoms with van der Waals surface area (Å²) in [5.74, 6) is -0.611. The molecule has 0 unspecified atom stereocenters. The number of hydrogen-bond acceptors (Lipinski definition) is 5.